The van der Waals surface area contributed by atoms with Gasteiger partial charge in [-0.1, -0.05) is 49.4 Å². The van der Waals surface area contributed by atoms with E-state index in [1.807, 2.05) is 56.3 Å². The number of carbonyl (C=O) groups excluding carboxylic acids is 2. The quantitative estimate of drug-likeness (QED) is 0.185. The van der Waals surface area contributed by atoms with Gasteiger partial charge in [0.05, 0.1) is 36.1 Å². The Bertz CT molecular complexity index is 1860. The van der Waals surface area contributed by atoms with Gasteiger partial charge in [-0.25, -0.2) is 13.2 Å². The fourth-order valence-corrected chi connectivity index (χ4v) is 8.01. The summed E-state index contributed by atoms with van der Waals surface area (Å²) in [6.07, 6.45) is 1.62. The van der Waals surface area contributed by atoms with Crippen LogP contribution in [0.25, 0.3) is 10.8 Å². The van der Waals surface area contributed by atoms with Crippen molar-refractivity contribution in [1.82, 2.24) is 9.80 Å². The number of rotatable bonds is 8. The number of likely N-dealkylation sites (N-methyl/N-ethyl adjacent to an activating group) is 1. The molecule has 11 nitrogen and oxygen atoms in total. The molecule has 3 N–H and O–H groups in total. The molecule has 50 heavy (non-hydrogen) atoms. The molecule has 0 aliphatic carbocycles. The van der Waals surface area contributed by atoms with Crippen LogP contribution in [0, 0.1) is 5.92 Å². The predicted octanol–water partition coefficient (Wildman–Crippen LogP) is 6.66. The molecule has 3 amide bonds. The van der Waals surface area contributed by atoms with Crippen LogP contribution < -0.4 is 14.8 Å². The number of hydrogen-bond donors (Lipinski definition) is 3. The number of urea groups is 1. The van der Waals surface area contributed by atoms with Gasteiger partial charge in [-0.05, 0) is 74.2 Å². The Morgan fingerprint density at radius 3 is 2.62 bits per heavy atom. The molecule has 1 aliphatic rings. The van der Waals surface area contributed by atoms with Crippen LogP contribution in [0.5, 0.6) is 5.75 Å². The van der Waals surface area contributed by atoms with Gasteiger partial charge in [0.1, 0.15) is 9.96 Å². The molecule has 1 aliphatic heterocycles. The molecule has 0 saturated carbocycles. The molecule has 0 radical (unpaired) electrons. The van der Waals surface area contributed by atoms with E-state index in [1.54, 1.807) is 47.4 Å². The SMILES string of the molecule is C[C@H](CO)N1C[C@H](C)[C@@H](CN(C)C(=O)Nc2cccc3ccccc23)OCCCC[C@H](C)Oc2ccc(NS(=O)(=O)c3cccs3)cc2C1=O. The summed E-state index contributed by atoms with van der Waals surface area (Å²) in [5.41, 5.74) is 1.10. The summed E-state index contributed by atoms with van der Waals surface area (Å²) in [4.78, 5) is 31.0. The zero-order valence-corrected chi connectivity index (χ0v) is 30.5. The third-order valence-electron chi connectivity index (χ3n) is 8.90. The summed E-state index contributed by atoms with van der Waals surface area (Å²) in [7, 11) is -2.15. The van der Waals surface area contributed by atoms with Gasteiger partial charge in [-0.15, -0.1) is 11.3 Å². The predicted molar refractivity (Wildman–Crippen MR) is 198 cm³/mol. The van der Waals surface area contributed by atoms with Crippen LogP contribution in [0.2, 0.25) is 0 Å². The maximum Gasteiger partial charge on any atom is 0.321 e. The minimum absolute atomic E-state index is 0.153. The lowest BCUT2D eigenvalue weighted by molar-refractivity contribution is -0.0115. The highest BCUT2D eigenvalue weighted by molar-refractivity contribution is 7.94. The van der Waals surface area contributed by atoms with Crippen LogP contribution in [-0.4, -0.2) is 86.9 Å². The molecule has 4 aromatic rings. The molecule has 0 unspecified atom stereocenters. The summed E-state index contributed by atoms with van der Waals surface area (Å²) < 4.78 is 41.5. The van der Waals surface area contributed by atoms with E-state index in [9.17, 15) is 23.1 Å². The highest BCUT2D eigenvalue weighted by Crippen LogP contribution is 2.30. The lowest BCUT2D eigenvalue weighted by atomic mass is 10.0. The van der Waals surface area contributed by atoms with Crippen LogP contribution in [-0.2, 0) is 14.8 Å². The number of ether oxygens (including phenoxy) is 2. The van der Waals surface area contributed by atoms with E-state index < -0.39 is 28.1 Å². The minimum Gasteiger partial charge on any atom is -0.490 e. The molecule has 0 bridgehead atoms. The molecule has 3 aromatic carbocycles. The van der Waals surface area contributed by atoms with Crippen LogP contribution in [0.1, 0.15) is 50.4 Å². The van der Waals surface area contributed by atoms with Gasteiger partial charge in [0, 0.05) is 43.7 Å². The largest absolute Gasteiger partial charge is 0.490 e. The number of benzene rings is 3. The standard InChI is InChI=1S/C37H46N4O7S2/c1-25-22-41(26(2)24-42)36(43)31-21-29(39-50(45,46)35-16-10-20-49-35)17-18-33(31)48-27(3)11-7-8-19-47-34(25)23-40(4)37(44)38-32-15-9-13-28-12-5-6-14-30(28)32/h5-6,9-10,12-18,20-21,25-27,34,39,42H,7-8,11,19,22-24H2,1-4H3,(H,38,44)/t25-,26+,27-,34+/m0/s1. The van der Waals surface area contributed by atoms with Gasteiger partial charge in [0.15, 0.2) is 0 Å². The molecule has 2 heterocycles. The van der Waals surface area contributed by atoms with Crippen LogP contribution in [0.3, 0.4) is 0 Å². The topological polar surface area (TPSA) is 138 Å². The van der Waals surface area contributed by atoms with Crippen molar-refractivity contribution in [2.45, 2.75) is 62.5 Å². The Kier molecular flexibility index (Phi) is 12.4. The lowest BCUT2D eigenvalue weighted by Crippen LogP contribution is -2.48. The van der Waals surface area contributed by atoms with Crippen molar-refractivity contribution in [2.24, 2.45) is 5.92 Å². The highest BCUT2D eigenvalue weighted by Gasteiger charge is 2.31. The average molecular weight is 723 g/mol. The third kappa shape index (κ3) is 9.13. The molecule has 13 heteroatoms. The van der Waals surface area contributed by atoms with E-state index in [1.165, 1.54) is 12.1 Å². The molecular formula is C37H46N4O7S2. The van der Waals surface area contributed by atoms with E-state index >= 15 is 0 Å². The number of aliphatic hydroxyl groups is 1. The molecule has 1 aromatic heterocycles. The van der Waals surface area contributed by atoms with Crippen LogP contribution >= 0.6 is 11.3 Å². The van der Waals surface area contributed by atoms with Gasteiger partial charge in [-0.3, -0.25) is 9.52 Å². The van der Waals surface area contributed by atoms with Crippen LogP contribution in [0.15, 0.2) is 82.4 Å². The van der Waals surface area contributed by atoms with Gasteiger partial charge in [0.2, 0.25) is 0 Å². The molecule has 268 valence electrons. The Morgan fingerprint density at radius 1 is 1.08 bits per heavy atom. The molecule has 5 rings (SSSR count). The van der Waals surface area contributed by atoms with Crippen LogP contribution in [0.4, 0.5) is 16.2 Å². The zero-order valence-electron chi connectivity index (χ0n) is 28.9. The Hall–Kier alpha value is -4.17. The van der Waals surface area contributed by atoms with Gasteiger partial charge < -0.3 is 29.7 Å². The maximum absolute atomic E-state index is 14.4. The van der Waals surface area contributed by atoms with Crippen molar-refractivity contribution < 1.29 is 32.6 Å². The smallest absolute Gasteiger partial charge is 0.321 e. The first-order valence-corrected chi connectivity index (χ1v) is 19.2. The van der Waals surface area contributed by atoms with Crippen molar-refractivity contribution in [1.29, 1.82) is 0 Å². The second kappa shape index (κ2) is 16.7. The van der Waals surface area contributed by atoms with Crippen molar-refractivity contribution in [2.75, 3.05) is 43.4 Å². The number of thiophene rings is 1. The number of sulfonamides is 1. The van der Waals surface area contributed by atoms with E-state index in [2.05, 4.69) is 10.0 Å². The van der Waals surface area contributed by atoms with E-state index in [4.69, 9.17) is 9.47 Å². The zero-order chi connectivity index (χ0) is 35.8. The first kappa shape index (κ1) is 37.1. The van der Waals surface area contributed by atoms with Gasteiger partial charge >= 0.3 is 6.03 Å². The average Bonchev–Trinajstić information content (AvgIpc) is 3.66. The normalized spacial score (nSPS) is 19.9. The number of amides is 3. The molecule has 0 spiro atoms. The summed E-state index contributed by atoms with van der Waals surface area (Å²) in [5, 5.41) is 16.9. The monoisotopic (exact) mass is 722 g/mol. The Balaban J connectivity index is 1.40. The van der Waals surface area contributed by atoms with Crippen molar-refractivity contribution >= 4 is 55.4 Å². The lowest BCUT2D eigenvalue weighted by Gasteiger charge is -2.35. The summed E-state index contributed by atoms with van der Waals surface area (Å²) in [6, 6.07) is 20.6. The molecular weight excluding hydrogens is 677 g/mol. The number of aliphatic hydroxyl groups excluding tert-OH is 1. The number of fused-ring (bicyclic) bond motifs is 2. The number of hydrogen-bond acceptors (Lipinski definition) is 8. The fourth-order valence-electron chi connectivity index (χ4n) is 5.97. The molecule has 4 atom stereocenters. The minimum atomic E-state index is -3.86. The van der Waals surface area contributed by atoms with Gasteiger partial charge in [0.25, 0.3) is 15.9 Å². The Labute approximate surface area is 298 Å². The van der Waals surface area contributed by atoms with E-state index in [0.717, 1.165) is 35.0 Å². The number of carbonyl (C=O) groups is 2. The van der Waals surface area contributed by atoms with Gasteiger partial charge in [-0.2, -0.15) is 0 Å². The maximum atomic E-state index is 14.4. The van der Waals surface area contributed by atoms with E-state index in [0.29, 0.717) is 24.5 Å². The number of nitrogens with zero attached hydrogens (tertiary/aromatic N) is 2. The molecule has 0 saturated heterocycles. The summed E-state index contributed by atoms with van der Waals surface area (Å²) in [6.45, 7) is 6.27. The highest BCUT2D eigenvalue weighted by atomic mass is 32.2. The first-order valence-electron chi connectivity index (χ1n) is 16.9. The first-order chi connectivity index (χ1) is 24.0. The summed E-state index contributed by atoms with van der Waals surface area (Å²) >= 11 is 1.09. The second-order valence-electron chi connectivity index (χ2n) is 12.9. The summed E-state index contributed by atoms with van der Waals surface area (Å²) in [5.74, 6) is -0.345. The number of anilines is 2. The van der Waals surface area contributed by atoms with Crippen molar-refractivity contribution in [3.63, 3.8) is 0 Å². The Morgan fingerprint density at radius 2 is 1.86 bits per heavy atom. The van der Waals surface area contributed by atoms with Crippen molar-refractivity contribution in [3.8, 4) is 5.75 Å². The number of nitrogens with one attached hydrogen (secondary N) is 2. The molecule has 0 fully saturated rings. The fraction of sp³-hybridized carbons (Fsp3) is 0.405. The second-order valence-corrected chi connectivity index (χ2v) is 15.7. The van der Waals surface area contributed by atoms with E-state index in [-0.39, 0.29) is 53.2 Å². The third-order valence-corrected chi connectivity index (χ3v) is 11.7. The van der Waals surface area contributed by atoms with Crippen molar-refractivity contribution in [3.05, 3.63) is 83.7 Å².